The third kappa shape index (κ3) is 2.02. The molecule has 0 radical (unpaired) electrons. The molecule has 0 saturated heterocycles. The zero-order valence-electron chi connectivity index (χ0n) is 11.7. The second-order valence-corrected chi connectivity index (χ2v) is 5.85. The normalized spacial score (nSPS) is 26.8. The van der Waals surface area contributed by atoms with E-state index in [1.807, 2.05) is 0 Å². The van der Waals surface area contributed by atoms with Crippen LogP contribution in [0.2, 0.25) is 0 Å². The summed E-state index contributed by atoms with van der Waals surface area (Å²) >= 11 is 0. The molecule has 1 nitrogen and oxygen atoms in total. The number of halogens is 1. The van der Waals surface area contributed by atoms with Crippen molar-refractivity contribution in [3.8, 4) is 0 Å². The molecule has 0 amide bonds. The molecule has 1 N–H and O–H groups in total. The molecule has 0 fully saturated rings. The summed E-state index contributed by atoms with van der Waals surface area (Å²) in [5, 5.41) is 3.82. The summed E-state index contributed by atoms with van der Waals surface area (Å²) in [6, 6.07) is 18.9. The Bertz CT molecular complexity index is 608. The van der Waals surface area contributed by atoms with Crippen LogP contribution < -0.4 is 5.32 Å². The Balaban J connectivity index is 0.00000121. The van der Waals surface area contributed by atoms with Gasteiger partial charge in [0.05, 0.1) is 0 Å². The second-order valence-electron chi connectivity index (χ2n) is 5.85. The van der Waals surface area contributed by atoms with Gasteiger partial charge in [0, 0.05) is 18.0 Å². The average Bonchev–Trinajstić information content (AvgIpc) is 2.85. The number of hydrogen-bond donors (Lipinski definition) is 1. The van der Waals surface area contributed by atoms with Crippen LogP contribution in [0.25, 0.3) is 0 Å². The van der Waals surface area contributed by atoms with Crippen molar-refractivity contribution in [3.05, 3.63) is 70.8 Å². The molecule has 0 bridgehead atoms. The van der Waals surface area contributed by atoms with Crippen LogP contribution in [0.3, 0.4) is 0 Å². The Morgan fingerprint density at radius 1 is 1.00 bits per heavy atom. The van der Waals surface area contributed by atoms with Gasteiger partial charge >= 0.3 is 0 Å². The number of rotatable bonds is 1. The van der Waals surface area contributed by atoms with Crippen LogP contribution in [0.5, 0.6) is 0 Å². The van der Waals surface area contributed by atoms with Gasteiger partial charge in [0.2, 0.25) is 0 Å². The summed E-state index contributed by atoms with van der Waals surface area (Å²) in [4.78, 5) is 0. The van der Waals surface area contributed by atoms with Gasteiger partial charge in [-0.1, -0.05) is 48.5 Å². The van der Waals surface area contributed by atoms with Crippen LogP contribution >= 0.6 is 17.0 Å². The molecular formula is C18H20BrN. The first kappa shape index (κ1) is 13.8. The third-order valence-electron chi connectivity index (χ3n) is 4.74. The Hall–Kier alpha value is -1.12. The lowest BCUT2D eigenvalue weighted by molar-refractivity contribution is 0.394. The zero-order valence-corrected chi connectivity index (χ0v) is 13.4. The number of benzene rings is 2. The molecule has 20 heavy (non-hydrogen) atoms. The maximum absolute atomic E-state index is 3.82. The fourth-order valence-electron chi connectivity index (χ4n) is 3.97. The van der Waals surface area contributed by atoms with Crippen LogP contribution in [0.15, 0.2) is 48.5 Å². The zero-order chi connectivity index (χ0) is 12.8. The largest absolute Gasteiger partial charge is 0.306 e. The average molecular weight is 330 g/mol. The first-order chi connectivity index (χ1) is 9.34. The van der Waals surface area contributed by atoms with Gasteiger partial charge in [0.1, 0.15) is 0 Å². The van der Waals surface area contributed by atoms with Gasteiger partial charge in [0.25, 0.3) is 0 Å². The second kappa shape index (κ2) is 5.34. The maximum atomic E-state index is 3.82. The Labute approximate surface area is 131 Å². The van der Waals surface area contributed by atoms with Crippen molar-refractivity contribution in [2.24, 2.45) is 0 Å². The smallest absolute Gasteiger partial charge is 0.0331 e. The number of nitrogens with one attached hydrogen (secondary N) is 1. The Morgan fingerprint density at radius 2 is 1.80 bits per heavy atom. The summed E-state index contributed by atoms with van der Waals surface area (Å²) in [6.07, 6.45) is 2.49. The summed E-state index contributed by atoms with van der Waals surface area (Å²) in [5.74, 6) is 0.491. The molecule has 2 aromatic rings. The highest BCUT2D eigenvalue weighted by Gasteiger charge is 2.36. The highest BCUT2D eigenvalue weighted by molar-refractivity contribution is 8.93. The van der Waals surface area contributed by atoms with Crippen LogP contribution in [0.1, 0.15) is 47.6 Å². The van der Waals surface area contributed by atoms with E-state index in [1.54, 1.807) is 16.7 Å². The van der Waals surface area contributed by atoms with Gasteiger partial charge in [0.15, 0.2) is 0 Å². The van der Waals surface area contributed by atoms with Crippen molar-refractivity contribution in [1.82, 2.24) is 5.32 Å². The number of hydrogen-bond acceptors (Lipinski definition) is 1. The molecule has 1 aliphatic carbocycles. The minimum Gasteiger partial charge on any atom is -0.306 e. The van der Waals surface area contributed by atoms with E-state index in [0.29, 0.717) is 18.0 Å². The molecule has 4 rings (SSSR count). The predicted octanol–water partition coefficient (Wildman–Crippen LogP) is 4.38. The van der Waals surface area contributed by atoms with E-state index < -0.39 is 0 Å². The van der Waals surface area contributed by atoms with Crippen molar-refractivity contribution in [3.63, 3.8) is 0 Å². The summed E-state index contributed by atoms with van der Waals surface area (Å²) in [6.45, 7) is 2.33. The van der Waals surface area contributed by atoms with E-state index in [0.717, 1.165) is 0 Å². The standard InChI is InChI=1S/C18H19N.BrH/c1-12-17(13-6-3-2-4-7-13)15-9-5-8-14-10-11-16(19-12)18(14)15;/h2-9,12,16-17,19H,10-11H2,1H3;1H. The summed E-state index contributed by atoms with van der Waals surface area (Å²) in [7, 11) is 0. The van der Waals surface area contributed by atoms with Gasteiger partial charge in [-0.05, 0) is 42.0 Å². The summed E-state index contributed by atoms with van der Waals surface area (Å²) < 4.78 is 0. The fourth-order valence-corrected chi connectivity index (χ4v) is 3.97. The molecule has 1 aliphatic heterocycles. The van der Waals surface area contributed by atoms with Crippen molar-refractivity contribution < 1.29 is 0 Å². The molecule has 3 atom stereocenters. The Kier molecular flexibility index (Phi) is 3.70. The Morgan fingerprint density at radius 3 is 2.60 bits per heavy atom. The molecule has 3 unspecified atom stereocenters. The van der Waals surface area contributed by atoms with Gasteiger partial charge in [-0.2, -0.15) is 0 Å². The fraction of sp³-hybridized carbons (Fsp3) is 0.333. The van der Waals surface area contributed by atoms with Gasteiger partial charge in [-0.25, -0.2) is 0 Å². The molecule has 2 heteroatoms. The van der Waals surface area contributed by atoms with E-state index >= 15 is 0 Å². The van der Waals surface area contributed by atoms with Crippen LogP contribution in [-0.2, 0) is 6.42 Å². The van der Waals surface area contributed by atoms with E-state index in [4.69, 9.17) is 0 Å². The van der Waals surface area contributed by atoms with Crippen molar-refractivity contribution in [1.29, 1.82) is 0 Å². The molecular weight excluding hydrogens is 310 g/mol. The SMILES string of the molecule is Br.CC1NC2CCc3cccc(c32)C1c1ccccc1. The lowest BCUT2D eigenvalue weighted by Gasteiger charge is -2.36. The third-order valence-corrected chi connectivity index (χ3v) is 4.74. The first-order valence-corrected chi connectivity index (χ1v) is 7.27. The van der Waals surface area contributed by atoms with Crippen molar-refractivity contribution in [2.45, 2.75) is 37.8 Å². The molecule has 0 saturated carbocycles. The molecule has 1 heterocycles. The van der Waals surface area contributed by atoms with E-state index in [1.165, 1.54) is 18.4 Å². The molecule has 0 aromatic heterocycles. The highest BCUT2D eigenvalue weighted by atomic mass is 79.9. The van der Waals surface area contributed by atoms with E-state index in [-0.39, 0.29) is 17.0 Å². The monoisotopic (exact) mass is 329 g/mol. The predicted molar refractivity (Wildman–Crippen MR) is 88.7 cm³/mol. The van der Waals surface area contributed by atoms with E-state index in [9.17, 15) is 0 Å². The van der Waals surface area contributed by atoms with Crippen LogP contribution in [0, 0.1) is 0 Å². The molecule has 0 spiro atoms. The molecule has 2 aromatic carbocycles. The molecule has 2 aliphatic rings. The van der Waals surface area contributed by atoms with Gasteiger partial charge in [-0.15, -0.1) is 17.0 Å². The quantitative estimate of drug-likeness (QED) is 0.818. The highest BCUT2D eigenvalue weighted by Crippen LogP contribution is 2.44. The van der Waals surface area contributed by atoms with Gasteiger partial charge < -0.3 is 5.32 Å². The van der Waals surface area contributed by atoms with Crippen LogP contribution in [-0.4, -0.2) is 6.04 Å². The summed E-state index contributed by atoms with van der Waals surface area (Å²) in [5.41, 5.74) is 6.14. The minimum absolute atomic E-state index is 0. The first-order valence-electron chi connectivity index (χ1n) is 7.27. The topological polar surface area (TPSA) is 12.0 Å². The van der Waals surface area contributed by atoms with Gasteiger partial charge in [-0.3, -0.25) is 0 Å². The number of aryl methyl sites for hydroxylation is 1. The maximum Gasteiger partial charge on any atom is 0.0331 e. The van der Waals surface area contributed by atoms with Crippen LogP contribution in [0.4, 0.5) is 0 Å². The molecule has 104 valence electrons. The van der Waals surface area contributed by atoms with Crippen molar-refractivity contribution >= 4 is 17.0 Å². The van der Waals surface area contributed by atoms with E-state index in [2.05, 4.69) is 60.8 Å². The minimum atomic E-state index is 0. The van der Waals surface area contributed by atoms with Crippen molar-refractivity contribution in [2.75, 3.05) is 0 Å². The lowest BCUT2D eigenvalue weighted by Crippen LogP contribution is -2.40. The lowest BCUT2D eigenvalue weighted by atomic mass is 9.78.